The van der Waals surface area contributed by atoms with Crippen LogP contribution in [0.3, 0.4) is 0 Å². The average molecular weight is 451 g/mol. The molecule has 3 aromatic carbocycles. The van der Waals surface area contributed by atoms with E-state index in [0.29, 0.717) is 5.39 Å². The summed E-state index contributed by atoms with van der Waals surface area (Å²) in [6, 6.07) is 6.07. The molecule has 3 aromatic rings. The molecule has 12 heteroatoms. The van der Waals surface area contributed by atoms with Crippen LogP contribution in [0, 0.1) is 29.1 Å². The molecule has 0 radical (unpaired) electrons. The first-order valence-corrected chi connectivity index (χ1v) is 8.98. The first-order chi connectivity index (χ1) is 13.9. The van der Waals surface area contributed by atoms with Gasteiger partial charge in [0, 0.05) is 0 Å². The summed E-state index contributed by atoms with van der Waals surface area (Å²) in [5.41, 5.74) is -5.40. The molecule has 156 valence electrons. The van der Waals surface area contributed by atoms with Crippen molar-refractivity contribution >= 4 is 24.8 Å². The second-order valence-corrected chi connectivity index (χ2v) is 6.99. The number of hydrogen-bond donors (Lipinski definition) is 1. The smallest absolute Gasteiger partial charge is 0.416 e. The third-order valence-corrected chi connectivity index (χ3v) is 4.77. The van der Waals surface area contributed by atoms with Gasteiger partial charge in [0.15, 0.2) is 0 Å². The molecule has 0 spiro atoms. The van der Waals surface area contributed by atoms with Gasteiger partial charge in [-0.3, -0.25) is 0 Å². The molecule has 1 unspecified atom stereocenters. The van der Waals surface area contributed by atoms with Crippen molar-refractivity contribution in [1.29, 1.82) is 0 Å². The van der Waals surface area contributed by atoms with Gasteiger partial charge in [0.05, 0.1) is 11.1 Å². The molecule has 0 amide bonds. The maximum Gasteiger partial charge on any atom is 0.589 e. The molecule has 3 rings (SSSR count). The maximum absolute atomic E-state index is 13.7. The quantitative estimate of drug-likeness (QED) is 0.141. The lowest BCUT2D eigenvalue weighted by Gasteiger charge is -2.10. The number of carbonyl (C=O) groups is 1. The van der Waals surface area contributed by atoms with Gasteiger partial charge >= 0.3 is 19.7 Å². The Balaban J connectivity index is 2.01. The number of alkyl halides is 2. The summed E-state index contributed by atoms with van der Waals surface area (Å²) >= 11 is 0. The van der Waals surface area contributed by atoms with E-state index in [1.54, 1.807) is 0 Å². The van der Waals surface area contributed by atoms with E-state index in [-0.39, 0.29) is 5.39 Å². The van der Waals surface area contributed by atoms with Crippen molar-refractivity contribution in [2.45, 2.75) is 5.66 Å². The van der Waals surface area contributed by atoms with Crippen LogP contribution in [0.25, 0.3) is 10.8 Å². The Hall–Kier alpha value is -3.04. The molecule has 0 bridgehead atoms. The number of benzene rings is 3. The van der Waals surface area contributed by atoms with E-state index in [0.717, 1.165) is 30.3 Å². The van der Waals surface area contributed by atoms with E-state index in [1.807, 2.05) is 0 Å². The molecule has 0 fully saturated rings. The molecule has 0 saturated heterocycles. The summed E-state index contributed by atoms with van der Waals surface area (Å²) in [5, 5.41) is 0.256. The standard InChI is InChI=1S/C18H6F7O4P/c19-11-12(20)14(22)16(15(23)13(11)21)29-17(26)8-2-1-7-3-4-10(6-9(7)5-8)18(24,25)30(27)28/h1-6H/p+1. The number of hydrogen-bond acceptors (Lipinski definition) is 3. The lowest BCUT2D eigenvalue weighted by Crippen LogP contribution is -2.13. The van der Waals surface area contributed by atoms with Crippen LogP contribution in [0.2, 0.25) is 0 Å². The fraction of sp³-hybridized carbons (Fsp3) is 0.0556. The van der Waals surface area contributed by atoms with Gasteiger partial charge in [0.2, 0.25) is 34.8 Å². The van der Waals surface area contributed by atoms with E-state index in [2.05, 4.69) is 4.74 Å². The molecule has 4 nitrogen and oxygen atoms in total. The Kier molecular flexibility index (Phi) is 5.53. The monoisotopic (exact) mass is 451 g/mol. The van der Waals surface area contributed by atoms with Gasteiger partial charge < -0.3 is 4.74 Å². The summed E-state index contributed by atoms with van der Waals surface area (Å²) in [7, 11) is -3.91. The fourth-order valence-corrected chi connectivity index (χ4v) is 2.86. The Bertz CT molecular complexity index is 1180. The Morgan fingerprint density at radius 2 is 1.37 bits per heavy atom. The average Bonchev–Trinajstić information content (AvgIpc) is 2.72. The van der Waals surface area contributed by atoms with Gasteiger partial charge in [-0.2, -0.15) is 13.7 Å². The highest BCUT2D eigenvalue weighted by Gasteiger charge is 2.53. The van der Waals surface area contributed by atoms with Crippen LogP contribution >= 0.6 is 8.03 Å². The molecule has 0 saturated carbocycles. The van der Waals surface area contributed by atoms with Gasteiger partial charge in [-0.15, -0.1) is 8.78 Å². The number of esters is 1. The number of rotatable bonds is 4. The molecule has 0 aromatic heterocycles. The summed E-state index contributed by atoms with van der Waals surface area (Å²) < 4.78 is 109. The summed E-state index contributed by atoms with van der Waals surface area (Å²) in [6.07, 6.45) is 0. The Morgan fingerprint density at radius 3 is 1.93 bits per heavy atom. The first kappa shape index (κ1) is 21.7. The van der Waals surface area contributed by atoms with Crippen molar-refractivity contribution in [2.24, 2.45) is 0 Å². The van der Waals surface area contributed by atoms with Crippen molar-refractivity contribution < 1.29 is 49.7 Å². The Morgan fingerprint density at radius 1 is 0.833 bits per heavy atom. The van der Waals surface area contributed by atoms with E-state index < -0.39 is 65.6 Å². The third kappa shape index (κ3) is 3.61. The number of carbonyl (C=O) groups excluding carboxylic acids is 1. The minimum absolute atomic E-state index is 0.0455. The highest BCUT2D eigenvalue weighted by molar-refractivity contribution is 7.39. The van der Waals surface area contributed by atoms with Crippen LogP contribution in [-0.2, 0) is 10.2 Å². The van der Waals surface area contributed by atoms with Crippen LogP contribution in [0.1, 0.15) is 15.9 Å². The van der Waals surface area contributed by atoms with E-state index in [9.17, 15) is 40.1 Å². The second kappa shape index (κ2) is 7.66. The molecule has 0 aliphatic carbocycles. The first-order valence-electron chi connectivity index (χ1n) is 7.77. The zero-order chi connectivity index (χ0) is 22.4. The molecule has 1 N–H and O–H groups in total. The van der Waals surface area contributed by atoms with E-state index in [1.165, 1.54) is 6.07 Å². The molecule has 30 heavy (non-hydrogen) atoms. The number of fused-ring (bicyclic) bond motifs is 1. The van der Waals surface area contributed by atoms with Crippen LogP contribution < -0.4 is 4.74 Å². The molecule has 0 aliphatic rings. The molecular weight excluding hydrogens is 444 g/mol. The lowest BCUT2D eigenvalue weighted by atomic mass is 10.0. The molecule has 0 heterocycles. The molecule has 0 aliphatic heterocycles. The highest BCUT2D eigenvalue weighted by Crippen LogP contribution is 2.47. The fourth-order valence-electron chi connectivity index (χ4n) is 2.50. The maximum atomic E-state index is 13.7. The van der Waals surface area contributed by atoms with Crippen LogP contribution in [0.15, 0.2) is 36.4 Å². The predicted molar refractivity (Wildman–Crippen MR) is 88.9 cm³/mol. The summed E-state index contributed by atoms with van der Waals surface area (Å²) in [4.78, 5) is 20.9. The molecule has 1 atom stereocenters. The van der Waals surface area contributed by atoms with Gasteiger partial charge in [-0.1, -0.05) is 12.1 Å². The number of ether oxygens (including phenoxy) is 1. The largest absolute Gasteiger partial charge is 0.589 e. The van der Waals surface area contributed by atoms with E-state index >= 15 is 0 Å². The summed E-state index contributed by atoms with van der Waals surface area (Å²) in [6.45, 7) is 0. The number of halogens is 7. The van der Waals surface area contributed by atoms with Crippen molar-refractivity contribution in [2.75, 3.05) is 0 Å². The van der Waals surface area contributed by atoms with Crippen molar-refractivity contribution in [3.63, 3.8) is 0 Å². The van der Waals surface area contributed by atoms with E-state index in [4.69, 9.17) is 4.89 Å². The third-order valence-electron chi connectivity index (χ3n) is 4.03. The van der Waals surface area contributed by atoms with Crippen LogP contribution in [0.4, 0.5) is 30.7 Å². The predicted octanol–water partition coefficient (Wildman–Crippen LogP) is 5.54. The van der Waals surface area contributed by atoms with Crippen molar-refractivity contribution in [3.8, 4) is 5.75 Å². The normalized spacial score (nSPS) is 12.2. The van der Waals surface area contributed by atoms with Crippen LogP contribution in [-0.4, -0.2) is 10.9 Å². The highest BCUT2D eigenvalue weighted by atomic mass is 31.1. The minimum Gasteiger partial charge on any atom is -0.416 e. The van der Waals surface area contributed by atoms with Crippen molar-refractivity contribution in [3.05, 3.63) is 76.6 Å². The minimum atomic E-state index is -4.09. The zero-order valence-corrected chi connectivity index (χ0v) is 15.1. The van der Waals surface area contributed by atoms with Crippen LogP contribution in [0.5, 0.6) is 5.75 Å². The van der Waals surface area contributed by atoms with Gasteiger partial charge in [0.25, 0.3) is 0 Å². The lowest BCUT2D eigenvalue weighted by molar-refractivity contribution is 0.0716. The SMILES string of the molecule is O=C(Oc1c(F)c(F)c(F)c(F)c1F)c1ccc2ccc(C(F)(F)[P+](=O)O)cc2c1. The van der Waals surface area contributed by atoms with Gasteiger partial charge in [0.1, 0.15) is 0 Å². The van der Waals surface area contributed by atoms with Gasteiger partial charge in [-0.05, 0) is 39.6 Å². The summed E-state index contributed by atoms with van der Waals surface area (Å²) in [5.74, 6) is -15.2. The van der Waals surface area contributed by atoms with Gasteiger partial charge in [-0.25, -0.2) is 18.0 Å². The topological polar surface area (TPSA) is 63.6 Å². The zero-order valence-electron chi connectivity index (χ0n) is 14.2. The van der Waals surface area contributed by atoms with Crippen molar-refractivity contribution in [1.82, 2.24) is 0 Å². The molecular formula is C18H7F7O4P+. The Labute approximate surface area is 163 Å². The second-order valence-electron chi connectivity index (χ2n) is 5.88.